The van der Waals surface area contributed by atoms with Crippen LogP contribution in [0.3, 0.4) is 0 Å². The summed E-state index contributed by atoms with van der Waals surface area (Å²) in [5, 5.41) is 12.5. The van der Waals surface area contributed by atoms with Crippen LogP contribution in [0.4, 0.5) is 4.39 Å². The monoisotopic (exact) mass is 278 g/mol. The first-order valence-electron chi connectivity index (χ1n) is 6.69. The van der Waals surface area contributed by atoms with Crippen LogP contribution in [0.2, 0.25) is 0 Å². The van der Waals surface area contributed by atoms with Gasteiger partial charge in [-0.25, -0.2) is 4.39 Å². The van der Waals surface area contributed by atoms with Crippen molar-refractivity contribution >= 4 is 16.8 Å². The highest BCUT2D eigenvalue weighted by Crippen LogP contribution is 2.21. The molecule has 1 heterocycles. The maximum atomic E-state index is 13.3. The molecule has 0 aliphatic carbocycles. The molecular weight excluding hydrogens is 259 g/mol. The van der Waals surface area contributed by atoms with Crippen LogP contribution in [0.1, 0.15) is 29.4 Å². The van der Waals surface area contributed by atoms with Gasteiger partial charge in [0, 0.05) is 24.1 Å². The second-order valence-corrected chi connectivity index (χ2v) is 5.19. The molecule has 4 nitrogen and oxygen atoms in total. The van der Waals surface area contributed by atoms with E-state index in [4.69, 9.17) is 5.11 Å². The molecule has 0 fully saturated rings. The number of aromatic nitrogens is 1. The van der Waals surface area contributed by atoms with Crippen molar-refractivity contribution in [1.82, 2.24) is 10.3 Å². The largest absolute Gasteiger partial charge is 0.396 e. The number of hydrogen-bond acceptors (Lipinski definition) is 2. The third-order valence-corrected chi connectivity index (χ3v) is 3.39. The number of aryl methyl sites for hydroxylation is 1. The Morgan fingerprint density at radius 2 is 2.20 bits per heavy atom. The molecule has 0 bridgehead atoms. The smallest absolute Gasteiger partial charge is 0.267 e. The first kappa shape index (κ1) is 14.5. The van der Waals surface area contributed by atoms with Crippen LogP contribution < -0.4 is 5.32 Å². The van der Waals surface area contributed by atoms with E-state index >= 15 is 0 Å². The van der Waals surface area contributed by atoms with Gasteiger partial charge in [0.15, 0.2) is 0 Å². The molecule has 20 heavy (non-hydrogen) atoms. The van der Waals surface area contributed by atoms with E-state index in [-0.39, 0.29) is 24.2 Å². The van der Waals surface area contributed by atoms with E-state index in [0.717, 1.165) is 10.9 Å². The van der Waals surface area contributed by atoms with E-state index in [0.29, 0.717) is 24.2 Å². The van der Waals surface area contributed by atoms with Crippen molar-refractivity contribution in [2.75, 3.05) is 13.2 Å². The Balaban J connectivity index is 2.13. The highest BCUT2D eigenvalue weighted by atomic mass is 19.1. The Hall–Kier alpha value is -1.88. The van der Waals surface area contributed by atoms with Crippen LogP contribution in [0.5, 0.6) is 0 Å². The fourth-order valence-electron chi connectivity index (χ4n) is 2.18. The number of aromatic amines is 1. The van der Waals surface area contributed by atoms with Crippen molar-refractivity contribution in [3.05, 3.63) is 35.3 Å². The molecule has 5 heteroatoms. The third kappa shape index (κ3) is 3.17. The summed E-state index contributed by atoms with van der Waals surface area (Å²) >= 11 is 0. The van der Waals surface area contributed by atoms with Gasteiger partial charge in [0.25, 0.3) is 5.91 Å². The average molecular weight is 278 g/mol. The number of fused-ring (bicyclic) bond motifs is 1. The summed E-state index contributed by atoms with van der Waals surface area (Å²) < 4.78 is 13.3. The van der Waals surface area contributed by atoms with Gasteiger partial charge >= 0.3 is 0 Å². The van der Waals surface area contributed by atoms with E-state index in [9.17, 15) is 9.18 Å². The van der Waals surface area contributed by atoms with E-state index in [1.54, 1.807) is 6.07 Å². The lowest BCUT2D eigenvalue weighted by atomic mass is 10.1. The van der Waals surface area contributed by atoms with Crippen molar-refractivity contribution in [3.63, 3.8) is 0 Å². The number of carbonyl (C=O) groups excluding carboxylic acids is 1. The Labute approximate surface area is 117 Å². The van der Waals surface area contributed by atoms with Crippen molar-refractivity contribution in [3.8, 4) is 0 Å². The maximum absolute atomic E-state index is 13.3. The molecule has 0 saturated carbocycles. The lowest BCUT2D eigenvalue weighted by Crippen LogP contribution is -2.28. The summed E-state index contributed by atoms with van der Waals surface area (Å²) in [6, 6.07) is 4.56. The van der Waals surface area contributed by atoms with Crippen LogP contribution in [-0.2, 0) is 0 Å². The Bertz CT molecular complexity index is 622. The molecule has 0 radical (unpaired) electrons. The van der Waals surface area contributed by atoms with Crippen LogP contribution in [0, 0.1) is 18.7 Å². The van der Waals surface area contributed by atoms with Gasteiger partial charge < -0.3 is 15.4 Å². The normalized spacial score (nSPS) is 12.6. The van der Waals surface area contributed by atoms with Crippen LogP contribution in [-0.4, -0.2) is 29.1 Å². The zero-order valence-electron chi connectivity index (χ0n) is 11.7. The second kappa shape index (κ2) is 6.05. The molecule has 2 aromatic rings. The second-order valence-electron chi connectivity index (χ2n) is 5.19. The lowest BCUT2D eigenvalue weighted by molar-refractivity contribution is 0.0941. The summed E-state index contributed by atoms with van der Waals surface area (Å²) in [5.74, 6) is -0.321. The Morgan fingerprint density at radius 3 is 2.90 bits per heavy atom. The first-order chi connectivity index (χ1) is 9.51. The number of carbonyl (C=O) groups is 1. The predicted octanol–water partition coefficient (Wildman–Crippen LogP) is 2.36. The standard InChI is InChI=1S/C15H19FN2O2/c1-9(3-4-19)8-17-15(20)14-7-12-10(2)5-11(16)6-13(12)18-14/h5-7,9,18-19H,3-4,8H2,1-2H3,(H,17,20). The van der Waals surface area contributed by atoms with Crippen molar-refractivity contribution in [2.24, 2.45) is 5.92 Å². The van der Waals surface area contributed by atoms with Gasteiger partial charge in [-0.15, -0.1) is 0 Å². The summed E-state index contributed by atoms with van der Waals surface area (Å²) in [5.41, 5.74) is 1.84. The summed E-state index contributed by atoms with van der Waals surface area (Å²) in [6.45, 7) is 4.38. The molecule has 1 unspecified atom stereocenters. The number of rotatable bonds is 5. The number of hydrogen-bond donors (Lipinski definition) is 3. The van der Waals surface area contributed by atoms with E-state index in [1.165, 1.54) is 12.1 Å². The van der Waals surface area contributed by atoms with E-state index in [2.05, 4.69) is 10.3 Å². The zero-order chi connectivity index (χ0) is 14.7. The molecular formula is C15H19FN2O2. The third-order valence-electron chi connectivity index (χ3n) is 3.39. The summed E-state index contributed by atoms with van der Waals surface area (Å²) in [7, 11) is 0. The van der Waals surface area contributed by atoms with Crippen molar-refractivity contribution in [1.29, 1.82) is 0 Å². The van der Waals surface area contributed by atoms with Gasteiger partial charge in [-0.05, 0) is 43.0 Å². The molecule has 1 amide bonds. The predicted molar refractivity (Wildman–Crippen MR) is 76.2 cm³/mol. The minimum Gasteiger partial charge on any atom is -0.396 e. The van der Waals surface area contributed by atoms with Gasteiger partial charge in [0.1, 0.15) is 11.5 Å². The van der Waals surface area contributed by atoms with Gasteiger partial charge in [0.05, 0.1) is 0 Å². The lowest BCUT2D eigenvalue weighted by Gasteiger charge is -2.10. The van der Waals surface area contributed by atoms with Crippen LogP contribution in [0.25, 0.3) is 10.9 Å². The molecule has 1 aromatic heterocycles. The fourth-order valence-corrected chi connectivity index (χ4v) is 2.18. The van der Waals surface area contributed by atoms with Crippen molar-refractivity contribution in [2.45, 2.75) is 20.3 Å². The molecule has 1 atom stereocenters. The maximum Gasteiger partial charge on any atom is 0.267 e. The zero-order valence-corrected chi connectivity index (χ0v) is 11.7. The van der Waals surface area contributed by atoms with Gasteiger partial charge in [0.2, 0.25) is 0 Å². The molecule has 0 saturated heterocycles. The molecule has 0 aliphatic rings. The van der Waals surface area contributed by atoms with Crippen LogP contribution >= 0.6 is 0 Å². The Kier molecular flexibility index (Phi) is 4.39. The van der Waals surface area contributed by atoms with Gasteiger partial charge in [-0.3, -0.25) is 4.79 Å². The Morgan fingerprint density at radius 1 is 1.45 bits per heavy atom. The van der Waals surface area contributed by atoms with E-state index in [1.807, 2.05) is 13.8 Å². The molecule has 108 valence electrons. The van der Waals surface area contributed by atoms with Gasteiger partial charge in [-0.1, -0.05) is 6.92 Å². The minimum absolute atomic E-state index is 0.113. The molecule has 1 aromatic carbocycles. The summed E-state index contributed by atoms with van der Waals surface area (Å²) in [6.07, 6.45) is 0.650. The number of nitrogens with one attached hydrogen (secondary N) is 2. The van der Waals surface area contributed by atoms with E-state index < -0.39 is 0 Å². The van der Waals surface area contributed by atoms with Crippen LogP contribution in [0.15, 0.2) is 18.2 Å². The summed E-state index contributed by atoms with van der Waals surface area (Å²) in [4.78, 5) is 15.0. The number of amides is 1. The first-order valence-corrected chi connectivity index (χ1v) is 6.69. The number of aliphatic hydroxyl groups excluding tert-OH is 1. The number of aliphatic hydroxyl groups is 1. The highest BCUT2D eigenvalue weighted by Gasteiger charge is 2.12. The average Bonchev–Trinajstić information content (AvgIpc) is 2.80. The molecule has 2 rings (SSSR count). The number of H-pyrrole nitrogens is 1. The number of halogens is 1. The quantitative estimate of drug-likeness (QED) is 0.786. The molecule has 0 aliphatic heterocycles. The fraction of sp³-hybridized carbons (Fsp3) is 0.400. The van der Waals surface area contributed by atoms with Crippen molar-refractivity contribution < 1.29 is 14.3 Å². The SMILES string of the molecule is Cc1cc(F)cc2[nH]c(C(=O)NCC(C)CCO)cc12. The molecule has 3 N–H and O–H groups in total. The molecule has 0 spiro atoms. The highest BCUT2D eigenvalue weighted by molar-refractivity contribution is 5.98. The number of benzene rings is 1. The topological polar surface area (TPSA) is 65.1 Å². The minimum atomic E-state index is -0.319. The van der Waals surface area contributed by atoms with Gasteiger partial charge in [-0.2, -0.15) is 0 Å².